The van der Waals surface area contributed by atoms with E-state index in [2.05, 4.69) is 4.98 Å². The minimum Gasteiger partial charge on any atom is -0.323 e. The molecule has 0 spiro atoms. The van der Waals surface area contributed by atoms with Crippen molar-refractivity contribution < 1.29 is 0 Å². The molecule has 1 aliphatic rings. The lowest BCUT2D eigenvalue weighted by Crippen LogP contribution is -2.20. The minimum atomic E-state index is 0.0127. The molecule has 0 bridgehead atoms. The summed E-state index contributed by atoms with van der Waals surface area (Å²) in [6, 6.07) is 7.89. The van der Waals surface area contributed by atoms with Gasteiger partial charge in [0.2, 0.25) is 0 Å². The van der Waals surface area contributed by atoms with Gasteiger partial charge in [0.25, 0.3) is 5.56 Å². The number of rotatable bonds is 1. The first kappa shape index (κ1) is 13.0. The first-order chi connectivity index (χ1) is 10.1. The number of aryl methyl sites for hydroxylation is 3. The molecule has 1 aromatic carbocycles. The molecule has 0 atom stereocenters. The van der Waals surface area contributed by atoms with Crippen molar-refractivity contribution in [3.05, 3.63) is 55.4 Å². The minimum absolute atomic E-state index is 0.0127. The van der Waals surface area contributed by atoms with E-state index in [4.69, 9.17) is 12.2 Å². The fourth-order valence-electron chi connectivity index (χ4n) is 3.08. The highest BCUT2D eigenvalue weighted by Crippen LogP contribution is 2.34. The first-order valence-electron chi connectivity index (χ1n) is 7.02. The molecule has 0 fully saturated rings. The molecule has 21 heavy (non-hydrogen) atoms. The van der Waals surface area contributed by atoms with Crippen LogP contribution in [0, 0.1) is 11.7 Å². The van der Waals surface area contributed by atoms with Crippen LogP contribution >= 0.6 is 23.6 Å². The Morgan fingerprint density at radius 3 is 3.00 bits per heavy atom. The predicted octanol–water partition coefficient (Wildman–Crippen LogP) is 3.91. The van der Waals surface area contributed by atoms with E-state index in [1.165, 1.54) is 10.4 Å². The highest BCUT2D eigenvalue weighted by molar-refractivity contribution is 7.71. The zero-order valence-corrected chi connectivity index (χ0v) is 13.2. The van der Waals surface area contributed by atoms with Crippen LogP contribution in [0.1, 0.15) is 22.4 Å². The molecule has 0 saturated carbocycles. The summed E-state index contributed by atoms with van der Waals surface area (Å²) in [6.07, 6.45) is 3.23. The summed E-state index contributed by atoms with van der Waals surface area (Å²) >= 11 is 7.10. The van der Waals surface area contributed by atoms with Gasteiger partial charge in [-0.25, -0.2) is 0 Å². The lowest BCUT2D eigenvalue weighted by molar-refractivity contribution is 0.910. The van der Waals surface area contributed by atoms with Crippen LogP contribution in [-0.4, -0.2) is 9.55 Å². The fraction of sp³-hybridized carbons (Fsp3) is 0.250. The first-order valence-corrected chi connectivity index (χ1v) is 8.24. The van der Waals surface area contributed by atoms with Crippen LogP contribution in [0.25, 0.3) is 15.9 Å². The van der Waals surface area contributed by atoms with Gasteiger partial charge in [-0.15, -0.1) is 11.3 Å². The SMILES string of the molecule is Cc1cccc(-n2c(=S)[nH]c3sc4c(c3c2=O)CCC4)c1. The number of hydrogen-bond donors (Lipinski definition) is 1. The van der Waals surface area contributed by atoms with Gasteiger partial charge in [-0.2, -0.15) is 0 Å². The number of thiophene rings is 1. The van der Waals surface area contributed by atoms with Gasteiger partial charge >= 0.3 is 0 Å². The molecule has 4 rings (SSSR count). The lowest BCUT2D eigenvalue weighted by Gasteiger charge is -2.07. The van der Waals surface area contributed by atoms with Gasteiger partial charge in [0.15, 0.2) is 4.77 Å². The van der Waals surface area contributed by atoms with E-state index in [0.717, 1.165) is 40.7 Å². The zero-order valence-electron chi connectivity index (χ0n) is 11.6. The smallest absolute Gasteiger partial charge is 0.267 e. The van der Waals surface area contributed by atoms with Crippen LogP contribution in [0.5, 0.6) is 0 Å². The molecule has 3 nitrogen and oxygen atoms in total. The molecule has 0 saturated heterocycles. The quantitative estimate of drug-likeness (QED) is 0.692. The van der Waals surface area contributed by atoms with Crippen LogP contribution in [0.4, 0.5) is 0 Å². The molecule has 1 aliphatic carbocycles. The lowest BCUT2D eigenvalue weighted by atomic mass is 10.2. The average molecular weight is 314 g/mol. The third-order valence-electron chi connectivity index (χ3n) is 4.02. The highest BCUT2D eigenvalue weighted by atomic mass is 32.1. The molecule has 1 N–H and O–H groups in total. The van der Waals surface area contributed by atoms with Crippen molar-refractivity contribution in [1.29, 1.82) is 0 Å². The Hall–Kier alpha value is -1.72. The molecule has 2 aromatic heterocycles. The van der Waals surface area contributed by atoms with Crippen molar-refractivity contribution in [2.45, 2.75) is 26.2 Å². The van der Waals surface area contributed by atoms with Gasteiger partial charge in [0.1, 0.15) is 4.83 Å². The van der Waals surface area contributed by atoms with Crippen molar-refractivity contribution in [1.82, 2.24) is 9.55 Å². The number of nitrogens with zero attached hydrogens (tertiary/aromatic N) is 1. The normalized spacial score (nSPS) is 13.8. The molecule has 0 aliphatic heterocycles. The van der Waals surface area contributed by atoms with E-state index >= 15 is 0 Å². The number of hydrogen-bond acceptors (Lipinski definition) is 3. The van der Waals surface area contributed by atoms with Crippen molar-refractivity contribution in [2.24, 2.45) is 0 Å². The summed E-state index contributed by atoms with van der Waals surface area (Å²) in [5, 5.41) is 0.836. The molecule has 2 heterocycles. The largest absolute Gasteiger partial charge is 0.323 e. The van der Waals surface area contributed by atoms with Gasteiger partial charge in [-0.1, -0.05) is 12.1 Å². The van der Waals surface area contributed by atoms with E-state index in [-0.39, 0.29) is 5.56 Å². The average Bonchev–Trinajstić information content (AvgIpc) is 2.98. The molecule has 0 unspecified atom stereocenters. The van der Waals surface area contributed by atoms with Crippen molar-refractivity contribution >= 4 is 33.8 Å². The third-order valence-corrected chi connectivity index (χ3v) is 5.51. The molecular formula is C16H14N2OS2. The van der Waals surface area contributed by atoms with Gasteiger partial charge in [-0.3, -0.25) is 9.36 Å². The molecule has 106 valence electrons. The van der Waals surface area contributed by atoms with Crippen molar-refractivity contribution in [2.75, 3.05) is 0 Å². The Bertz CT molecular complexity index is 978. The van der Waals surface area contributed by atoms with Gasteiger partial charge < -0.3 is 4.98 Å². The number of aromatic amines is 1. The summed E-state index contributed by atoms with van der Waals surface area (Å²) in [6.45, 7) is 2.02. The van der Waals surface area contributed by atoms with Crippen LogP contribution in [0.15, 0.2) is 29.1 Å². The van der Waals surface area contributed by atoms with E-state index in [9.17, 15) is 4.79 Å². The summed E-state index contributed by atoms with van der Waals surface area (Å²) in [5.74, 6) is 0. The van der Waals surface area contributed by atoms with E-state index < -0.39 is 0 Å². The predicted molar refractivity (Wildman–Crippen MR) is 89.4 cm³/mol. The van der Waals surface area contributed by atoms with Crippen LogP contribution in [-0.2, 0) is 12.8 Å². The second-order valence-electron chi connectivity index (χ2n) is 5.47. The van der Waals surface area contributed by atoms with Gasteiger partial charge in [0, 0.05) is 4.88 Å². The topological polar surface area (TPSA) is 37.8 Å². The number of H-pyrrole nitrogens is 1. The highest BCUT2D eigenvalue weighted by Gasteiger charge is 2.21. The standard InChI is InChI=1S/C16H14N2OS2/c1-9-4-2-5-10(8-9)18-15(19)13-11-6-3-7-12(11)21-14(13)17-16(18)20/h2,4-5,8H,3,6-7H2,1H3,(H,17,20). The van der Waals surface area contributed by atoms with Crippen molar-refractivity contribution in [3.8, 4) is 5.69 Å². The Labute approximate surface area is 130 Å². The van der Waals surface area contributed by atoms with Crippen LogP contribution in [0.2, 0.25) is 0 Å². The summed E-state index contributed by atoms with van der Waals surface area (Å²) in [5.41, 5.74) is 3.19. The summed E-state index contributed by atoms with van der Waals surface area (Å²) in [4.78, 5) is 18.5. The third kappa shape index (κ3) is 1.92. The van der Waals surface area contributed by atoms with Crippen LogP contribution < -0.4 is 5.56 Å². The maximum absolute atomic E-state index is 13.0. The van der Waals surface area contributed by atoms with E-state index in [1.807, 2.05) is 31.2 Å². The number of benzene rings is 1. The molecule has 0 amide bonds. The molecule has 5 heteroatoms. The molecule has 0 radical (unpaired) electrons. The van der Waals surface area contributed by atoms with Crippen molar-refractivity contribution in [3.63, 3.8) is 0 Å². The van der Waals surface area contributed by atoms with E-state index in [0.29, 0.717) is 4.77 Å². The maximum atomic E-state index is 13.0. The van der Waals surface area contributed by atoms with E-state index in [1.54, 1.807) is 15.9 Å². The second-order valence-corrected chi connectivity index (χ2v) is 6.96. The monoisotopic (exact) mass is 314 g/mol. The Morgan fingerprint density at radius 1 is 1.33 bits per heavy atom. The fourth-order valence-corrected chi connectivity index (χ4v) is 4.71. The Balaban J connectivity index is 2.11. The Morgan fingerprint density at radius 2 is 2.19 bits per heavy atom. The maximum Gasteiger partial charge on any atom is 0.267 e. The number of nitrogens with one attached hydrogen (secondary N) is 1. The number of aromatic nitrogens is 2. The molecule has 3 aromatic rings. The Kier molecular flexibility index (Phi) is 2.87. The number of fused-ring (bicyclic) bond motifs is 3. The summed E-state index contributed by atoms with van der Waals surface area (Å²) in [7, 11) is 0. The van der Waals surface area contributed by atoms with Gasteiger partial charge in [0.05, 0.1) is 11.1 Å². The second kappa shape index (κ2) is 4.64. The van der Waals surface area contributed by atoms with Crippen LogP contribution in [0.3, 0.4) is 0 Å². The summed E-state index contributed by atoms with van der Waals surface area (Å²) < 4.78 is 2.09. The molecular weight excluding hydrogens is 300 g/mol. The zero-order chi connectivity index (χ0) is 14.6. The van der Waals surface area contributed by atoms with Gasteiger partial charge in [-0.05, 0) is 61.7 Å².